The molecule has 0 radical (unpaired) electrons. The highest BCUT2D eigenvalue weighted by Crippen LogP contribution is 2.42. The number of carbonyl (C=O) groups is 1. The molecule has 0 unspecified atom stereocenters. The Kier molecular flexibility index (Phi) is 7.45. The van der Waals surface area contributed by atoms with Crippen LogP contribution in [0.2, 0.25) is 0 Å². The third-order valence-corrected chi connectivity index (χ3v) is 7.18. The van der Waals surface area contributed by atoms with Gasteiger partial charge in [-0.05, 0) is 52.6 Å². The molecule has 6 nitrogen and oxygen atoms in total. The van der Waals surface area contributed by atoms with E-state index < -0.39 is 26.6 Å². The van der Waals surface area contributed by atoms with Crippen molar-refractivity contribution in [1.29, 1.82) is 5.26 Å². The SMILES string of the molecule is CC(C)(C)c1cc(/C(=C/C#N)S(=O)(=O)c2ccc(CCC(=O)O)cc2)cc(C(C)(C)C)c1O. The van der Waals surface area contributed by atoms with E-state index in [0.717, 1.165) is 6.08 Å². The van der Waals surface area contributed by atoms with Gasteiger partial charge < -0.3 is 10.2 Å². The summed E-state index contributed by atoms with van der Waals surface area (Å²) in [6, 6.07) is 11.1. The normalized spacial score (nSPS) is 12.9. The Morgan fingerprint density at radius 2 is 1.48 bits per heavy atom. The van der Waals surface area contributed by atoms with Crippen LogP contribution in [0.15, 0.2) is 47.4 Å². The Balaban J connectivity index is 2.68. The molecule has 0 spiro atoms. The molecule has 2 N–H and O–H groups in total. The van der Waals surface area contributed by atoms with Gasteiger partial charge in [0.25, 0.3) is 0 Å². The number of nitrogens with zero attached hydrogens (tertiary/aromatic N) is 1. The van der Waals surface area contributed by atoms with Crippen molar-refractivity contribution in [2.24, 2.45) is 0 Å². The Bertz CT molecular complexity index is 1180. The molecule has 176 valence electrons. The van der Waals surface area contributed by atoms with Gasteiger partial charge in [0, 0.05) is 23.6 Å². The zero-order valence-electron chi connectivity index (χ0n) is 19.9. The highest BCUT2D eigenvalue weighted by Gasteiger charge is 2.30. The lowest BCUT2D eigenvalue weighted by molar-refractivity contribution is -0.136. The van der Waals surface area contributed by atoms with Crippen LogP contribution in [0.5, 0.6) is 5.75 Å². The average Bonchev–Trinajstić information content (AvgIpc) is 2.69. The van der Waals surface area contributed by atoms with E-state index in [0.29, 0.717) is 28.7 Å². The van der Waals surface area contributed by atoms with Gasteiger partial charge in [-0.15, -0.1) is 0 Å². The molecule has 0 aromatic heterocycles. The maximum atomic E-state index is 13.5. The quantitative estimate of drug-likeness (QED) is 0.552. The molecule has 2 rings (SSSR count). The average molecular weight is 470 g/mol. The highest BCUT2D eigenvalue weighted by atomic mass is 32.2. The van der Waals surface area contributed by atoms with E-state index in [2.05, 4.69) is 0 Å². The second-order valence-corrected chi connectivity index (χ2v) is 12.0. The van der Waals surface area contributed by atoms with E-state index in [1.807, 2.05) is 47.6 Å². The van der Waals surface area contributed by atoms with E-state index in [1.54, 1.807) is 24.3 Å². The third kappa shape index (κ3) is 6.02. The van der Waals surface area contributed by atoms with Crippen molar-refractivity contribution >= 4 is 20.7 Å². The molecule has 0 saturated carbocycles. The summed E-state index contributed by atoms with van der Waals surface area (Å²) in [5, 5.41) is 29.2. The first kappa shape index (κ1) is 26.1. The highest BCUT2D eigenvalue weighted by molar-refractivity contribution is 8.00. The summed E-state index contributed by atoms with van der Waals surface area (Å²) in [5.74, 6) is -0.808. The smallest absolute Gasteiger partial charge is 0.303 e. The number of hydrogen-bond acceptors (Lipinski definition) is 5. The summed E-state index contributed by atoms with van der Waals surface area (Å²) in [7, 11) is -4.06. The fourth-order valence-electron chi connectivity index (χ4n) is 3.51. The van der Waals surface area contributed by atoms with Gasteiger partial charge in [0.05, 0.1) is 15.9 Å². The first-order chi connectivity index (χ1) is 15.1. The molecule has 0 saturated heterocycles. The van der Waals surface area contributed by atoms with Crippen molar-refractivity contribution in [2.75, 3.05) is 0 Å². The number of hydrogen-bond donors (Lipinski definition) is 2. The first-order valence-electron chi connectivity index (χ1n) is 10.6. The third-order valence-electron chi connectivity index (χ3n) is 5.36. The molecule has 0 aliphatic carbocycles. The number of nitriles is 1. The molecule has 7 heteroatoms. The summed E-state index contributed by atoms with van der Waals surface area (Å²) >= 11 is 0. The minimum atomic E-state index is -4.06. The molecule has 2 aromatic carbocycles. The van der Waals surface area contributed by atoms with Crippen molar-refractivity contribution in [2.45, 2.75) is 70.1 Å². The van der Waals surface area contributed by atoms with Gasteiger partial charge in [-0.3, -0.25) is 4.79 Å². The van der Waals surface area contributed by atoms with E-state index >= 15 is 0 Å². The van der Waals surface area contributed by atoms with Gasteiger partial charge in [-0.1, -0.05) is 53.7 Å². The number of phenols is 1. The van der Waals surface area contributed by atoms with Crippen LogP contribution >= 0.6 is 0 Å². The standard InChI is InChI=1S/C26H31NO5S/c1-25(2,3)20-15-18(16-21(24(20)30)26(4,5)6)22(13-14-27)33(31,32)19-10-7-17(8-11-19)9-12-23(28)29/h7-8,10-11,13,15-16,30H,9,12H2,1-6H3,(H,28,29)/b22-13-. The number of carboxylic acids is 1. The fourth-order valence-corrected chi connectivity index (χ4v) is 4.89. The summed E-state index contributed by atoms with van der Waals surface area (Å²) in [4.78, 5) is 10.6. The van der Waals surface area contributed by atoms with E-state index in [1.165, 1.54) is 12.1 Å². The van der Waals surface area contributed by atoms with Crippen LogP contribution < -0.4 is 0 Å². The summed E-state index contributed by atoms with van der Waals surface area (Å²) in [5.41, 5.74) is 1.29. The molecular weight excluding hydrogens is 438 g/mol. The second kappa shape index (κ2) is 9.40. The fraction of sp³-hybridized carbons (Fsp3) is 0.385. The number of allylic oxidation sites excluding steroid dienone is 1. The number of aryl methyl sites for hydroxylation is 1. The predicted octanol–water partition coefficient (Wildman–Crippen LogP) is 5.34. The maximum Gasteiger partial charge on any atom is 0.303 e. The van der Waals surface area contributed by atoms with Crippen LogP contribution in [-0.4, -0.2) is 24.6 Å². The number of carboxylic acid groups (broad SMARTS) is 1. The van der Waals surface area contributed by atoms with Crippen LogP contribution in [0.25, 0.3) is 4.91 Å². The van der Waals surface area contributed by atoms with Gasteiger partial charge in [-0.25, -0.2) is 8.42 Å². The van der Waals surface area contributed by atoms with Crippen LogP contribution in [0.3, 0.4) is 0 Å². The molecule has 0 aliphatic rings. The number of aromatic hydroxyl groups is 1. The number of phenolic OH excluding ortho intramolecular Hbond substituents is 1. The lowest BCUT2D eigenvalue weighted by Gasteiger charge is -2.28. The first-order valence-corrected chi connectivity index (χ1v) is 12.1. The van der Waals surface area contributed by atoms with Crippen LogP contribution in [0, 0.1) is 11.3 Å². The van der Waals surface area contributed by atoms with E-state index in [4.69, 9.17) is 5.11 Å². The summed E-state index contributed by atoms with van der Waals surface area (Å²) < 4.78 is 27.1. The van der Waals surface area contributed by atoms with Crippen LogP contribution in [0.4, 0.5) is 0 Å². The Hall–Kier alpha value is -3.11. The van der Waals surface area contributed by atoms with Crippen molar-refractivity contribution in [3.05, 3.63) is 64.7 Å². The van der Waals surface area contributed by atoms with Crippen LogP contribution in [-0.2, 0) is 31.9 Å². The summed E-state index contributed by atoms with van der Waals surface area (Å²) in [6.45, 7) is 11.6. The minimum absolute atomic E-state index is 0.00534. The molecule has 0 heterocycles. The van der Waals surface area contributed by atoms with Gasteiger partial charge in [-0.2, -0.15) is 5.26 Å². The second-order valence-electron chi connectivity index (χ2n) is 10.1. The maximum absolute atomic E-state index is 13.5. The van der Waals surface area contributed by atoms with Crippen molar-refractivity contribution in [3.63, 3.8) is 0 Å². The number of aliphatic carboxylic acids is 1. The number of benzene rings is 2. The molecule has 0 fully saturated rings. The monoisotopic (exact) mass is 469 g/mol. The summed E-state index contributed by atoms with van der Waals surface area (Å²) in [6.07, 6.45) is 1.25. The molecule has 33 heavy (non-hydrogen) atoms. The topological polar surface area (TPSA) is 115 Å². The Morgan fingerprint density at radius 1 is 1.00 bits per heavy atom. The Labute approximate surface area is 196 Å². The largest absolute Gasteiger partial charge is 0.507 e. The van der Waals surface area contributed by atoms with Gasteiger partial charge in [0.2, 0.25) is 9.84 Å². The molecule has 0 atom stereocenters. The minimum Gasteiger partial charge on any atom is -0.507 e. The van der Waals surface area contributed by atoms with Crippen molar-refractivity contribution in [1.82, 2.24) is 0 Å². The molecule has 0 amide bonds. The lowest BCUT2D eigenvalue weighted by Crippen LogP contribution is -2.18. The zero-order chi connectivity index (χ0) is 25.2. The van der Waals surface area contributed by atoms with Gasteiger partial charge >= 0.3 is 5.97 Å². The lowest BCUT2D eigenvalue weighted by atomic mass is 9.78. The number of rotatable bonds is 6. The molecule has 2 aromatic rings. The number of sulfone groups is 1. The van der Waals surface area contributed by atoms with E-state index in [9.17, 15) is 23.6 Å². The molecule has 0 bridgehead atoms. The van der Waals surface area contributed by atoms with Gasteiger partial charge in [0.15, 0.2) is 0 Å². The van der Waals surface area contributed by atoms with E-state index in [-0.39, 0.29) is 22.0 Å². The van der Waals surface area contributed by atoms with Gasteiger partial charge in [0.1, 0.15) is 5.75 Å². The van der Waals surface area contributed by atoms with Crippen LogP contribution in [0.1, 0.15) is 70.2 Å². The predicted molar refractivity (Wildman–Crippen MR) is 129 cm³/mol. The molecular formula is C26H31NO5S. The zero-order valence-corrected chi connectivity index (χ0v) is 20.7. The Morgan fingerprint density at radius 3 is 1.88 bits per heavy atom. The van der Waals surface area contributed by atoms with Crippen molar-refractivity contribution < 1.29 is 23.4 Å². The van der Waals surface area contributed by atoms with Crippen molar-refractivity contribution in [3.8, 4) is 11.8 Å². The molecule has 0 aliphatic heterocycles.